The molecule has 0 saturated carbocycles. The Morgan fingerprint density at radius 2 is 2.22 bits per heavy atom. The number of aromatic amines is 1. The van der Waals surface area contributed by atoms with Crippen molar-refractivity contribution in [3.05, 3.63) is 39.8 Å². The van der Waals surface area contributed by atoms with Gasteiger partial charge in [-0.1, -0.05) is 0 Å². The smallest absolute Gasteiger partial charge is 0.382 e. The van der Waals surface area contributed by atoms with Crippen molar-refractivity contribution in [1.29, 1.82) is 0 Å². The molecule has 9 heteroatoms. The van der Waals surface area contributed by atoms with Crippen LogP contribution in [0.1, 0.15) is 23.0 Å². The molecule has 0 saturated heterocycles. The topological polar surface area (TPSA) is 124 Å². The molecule has 2 rings (SSSR count). The molecule has 2 heterocycles. The molecule has 0 aliphatic heterocycles. The van der Waals surface area contributed by atoms with E-state index < -0.39 is 22.9 Å². The van der Waals surface area contributed by atoms with Crippen LogP contribution in [0.2, 0.25) is 0 Å². The molecule has 0 fully saturated rings. The van der Waals surface area contributed by atoms with Gasteiger partial charge in [-0.25, -0.2) is 9.59 Å². The first-order valence-electron chi connectivity index (χ1n) is 6.82. The molecule has 23 heavy (non-hydrogen) atoms. The predicted octanol–water partition coefficient (Wildman–Crippen LogP) is 1.10. The fourth-order valence-corrected chi connectivity index (χ4v) is 2.27. The monoisotopic (exact) mass is 321 g/mol. The lowest BCUT2D eigenvalue weighted by Gasteiger charge is -2.09. The van der Waals surface area contributed by atoms with Crippen LogP contribution in [0.3, 0.4) is 0 Å². The third kappa shape index (κ3) is 3.28. The summed E-state index contributed by atoms with van der Waals surface area (Å²) in [4.78, 5) is 40.9. The van der Waals surface area contributed by atoms with Crippen LogP contribution in [0, 0.1) is 10.1 Å². The number of hydrogen-bond acceptors (Lipinski definition) is 7. The standard InChI is InChI=1S/C14H15N3O6/c1-3-23-13(18)11(17(20)21)6-9-8-4-5-15-7-10(8)16-12(9)14(19)22-2/h4-5,7,11,16H,3,6H2,1-2H3. The fourth-order valence-electron chi connectivity index (χ4n) is 2.27. The van der Waals surface area contributed by atoms with Gasteiger partial charge in [-0.3, -0.25) is 15.1 Å². The van der Waals surface area contributed by atoms with Crippen LogP contribution in [0.15, 0.2) is 18.5 Å². The summed E-state index contributed by atoms with van der Waals surface area (Å²) in [6, 6.07) is 0.000912. The molecule has 0 aliphatic rings. The minimum Gasteiger partial charge on any atom is -0.464 e. The Labute approximate surface area is 130 Å². The van der Waals surface area contributed by atoms with Crippen molar-refractivity contribution in [3.8, 4) is 0 Å². The molecule has 0 aliphatic carbocycles. The van der Waals surface area contributed by atoms with Crippen molar-refractivity contribution in [1.82, 2.24) is 9.97 Å². The van der Waals surface area contributed by atoms with E-state index in [4.69, 9.17) is 4.74 Å². The molecule has 0 amide bonds. The van der Waals surface area contributed by atoms with Crippen molar-refractivity contribution in [2.24, 2.45) is 0 Å². The minimum atomic E-state index is -1.61. The molecule has 0 bridgehead atoms. The van der Waals surface area contributed by atoms with Gasteiger partial charge in [0.05, 0.1) is 31.9 Å². The quantitative estimate of drug-likeness (QED) is 0.480. The zero-order valence-corrected chi connectivity index (χ0v) is 12.6. The van der Waals surface area contributed by atoms with E-state index in [0.717, 1.165) is 0 Å². The van der Waals surface area contributed by atoms with Gasteiger partial charge in [-0.05, 0) is 18.6 Å². The van der Waals surface area contributed by atoms with Gasteiger partial charge in [0.25, 0.3) is 0 Å². The van der Waals surface area contributed by atoms with Gasteiger partial charge in [0.2, 0.25) is 0 Å². The Morgan fingerprint density at radius 3 is 2.83 bits per heavy atom. The Morgan fingerprint density at radius 1 is 1.48 bits per heavy atom. The maximum Gasteiger partial charge on any atom is 0.382 e. The van der Waals surface area contributed by atoms with E-state index in [1.54, 1.807) is 13.0 Å². The summed E-state index contributed by atoms with van der Waals surface area (Å²) in [6.07, 6.45) is 2.68. The van der Waals surface area contributed by atoms with Crippen LogP contribution in [-0.2, 0) is 20.7 Å². The average Bonchev–Trinajstić information content (AvgIpc) is 2.90. The molecular formula is C14H15N3O6. The first-order chi connectivity index (χ1) is 11.0. The number of hydrogen-bond donors (Lipinski definition) is 1. The van der Waals surface area contributed by atoms with E-state index in [2.05, 4.69) is 14.7 Å². The zero-order chi connectivity index (χ0) is 17.0. The number of nitrogens with zero attached hydrogens (tertiary/aromatic N) is 2. The van der Waals surface area contributed by atoms with Gasteiger partial charge in [0.15, 0.2) is 0 Å². The lowest BCUT2D eigenvalue weighted by molar-refractivity contribution is -0.510. The van der Waals surface area contributed by atoms with E-state index >= 15 is 0 Å². The van der Waals surface area contributed by atoms with Crippen LogP contribution in [0.4, 0.5) is 0 Å². The number of fused-ring (bicyclic) bond motifs is 1. The minimum absolute atomic E-state index is 0.0326. The second kappa shape index (κ2) is 6.86. The number of methoxy groups -OCH3 is 1. The zero-order valence-electron chi connectivity index (χ0n) is 12.6. The number of pyridine rings is 1. The molecule has 122 valence electrons. The fraction of sp³-hybridized carbons (Fsp3) is 0.357. The Hall–Kier alpha value is -2.97. The second-order valence-electron chi connectivity index (χ2n) is 4.65. The van der Waals surface area contributed by atoms with Gasteiger partial charge in [-0.15, -0.1) is 0 Å². The lowest BCUT2D eigenvalue weighted by atomic mass is 10.0. The van der Waals surface area contributed by atoms with Crippen LogP contribution in [-0.4, -0.2) is 46.6 Å². The number of nitro groups is 1. The molecule has 1 unspecified atom stereocenters. The van der Waals surface area contributed by atoms with E-state index in [1.807, 2.05) is 0 Å². The summed E-state index contributed by atoms with van der Waals surface area (Å²) < 4.78 is 9.41. The van der Waals surface area contributed by atoms with Gasteiger partial charge in [0.1, 0.15) is 5.69 Å². The number of nitrogens with one attached hydrogen (secondary N) is 1. The SMILES string of the molecule is CCOC(=O)C(Cc1c(C(=O)OC)[nH]c2cnccc12)[N+](=O)[O-]. The van der Waals surface area contributed by atoms with E-state index in [9.17, 15) is 19.7 Å². The van der Waals surface area contributed by atoms with Crippen molar-refractivity contribution in [2.75, 3.05) is 13.7 Å². The number of rotatable bonds is 6. The van der Waals surface area contributed by atoms with Gasteiger partial charge < -0.3 is 14.5 Å². The van der Waals surface area contributed by atoms with Crippen molar-refractivity contribution >= 4 is 22.8 Å². The highest BCUT2D eigenvalue weighted by Gasteiger charge is 2.34. The van der Waals surface area contributed by atoms with Crippen LogP contribution in [0.25, 0.3) is 10.9 Å². The summed E-state index contributed by atoms with van der Waals surface area (Å²) in [7, 11) is 1.20. The first kappa shape index (κ1) is 16.4. The van der Waals surface area contributed by atoms with Gasteiger partial charge in [-0.2, -0.15) is 0 Å². The van der Waals surface area contributed by atoms with E-state index in [0.29, 0.717) is 16.5 Å². The molecule has 1 N–H and O–H groups in total. The molecule has 0 radical (unpaired) electrons. The molecule has 2 aromatic rings. The Kier molecular flexibility index (Phi) is 4.89. The van der Waals surface area contributed by atoms with Gasteiger partial charge >= 0.3 is 18.0 Å². The molecule has 0 aromatic carbocycles. The van der Waals surface area contributed by atoms with Crippen molar-refractivity contribution in [3.63, 3.8) is 0 Å². The van der Waals surface area contributed by atoms with Crippen LogP contribution < -0.4 is 0 Å². The lowest BCUT2D eigenvalue weighted by Crippen LogP contribution is -2.34. The molecule has 9 nitrogen and oxygen atoms in total. The third-order valence-electron chi connectivity index (χ3n) is 3.31. The van der Waals surface area contributed by atoms with Crippen LogP contribution >= 0.6 is 0 Å². The van der Waals surface area contributed by atoms with Gasteiger partial charge in [0, 0.05) is 16.5 Å². The third-order valence-corrected chi connectivity index (χ3v) is 3.31. The second-order valence-corrected chi connectivity index (χ2v) is 4.65. The largest absolute Gasteiger partial charge is 0.464 e. The maximum absolute atomic E-state index is 11.9. The number of aromatic nitrogens is 2. The van der Waals surface area contributed by atoms with Crippen LogP contribution in [0.5, 0.6) is 0 Å². The van der Waals surface area contributed by atoms with Crippen molar-refractivity contribution < 1.29 is 24.0 Å². The Balaban J connectivity index is 2.49. The van der Waals surface area contributed by atoms with E-state index in [-0.39, 0.29) is 18.7 Å². The van der Waals surface area contributed by atoms with E-state index in [1.165, 1.54) is 19.5 Å². The summed E-state index contributed by atoms with van der Waals surface area (Å²) in [5.74, 6) is -1.63. The first-order valence-corrected chi connectivity index (χ1v) is 6.82. The highest BCUT2D eigenvalue weighted by molar-refractivity contribution is 5.98. The molecule has 0 spiro atoms. The summed E-state index contributed by atoms with van der Waals surface area (Å²) in [5.41, 5.74) is 0.907. The molecule has 1 atom stereocenters. The average molecular weight is 321 g/mol. The Bertz CT molecular complexity index is 754. The summed E-state index contributed by atoms with van der Waals surface area (Å²) in [6.45, 7) is 1.59. The number of carbonyl (C=O) groups is 2. The predicted molar refractivity (Wildman–Crippen MR) is 78.6 cm³/mol. The highest BCUT2D eigenvalue weighted by atomic mass is 16.6. The van der Waals surface area contributed by atoms with Crippen molar-refractivity contribution in [2.45, 2.75) is 19.4 Å². The molecular weight excluding hydrogens is 306 g/mol. The highest BCUT2D eigenvalue weighted by Crippen LogP contribution is 2.24. The number of esters is 2. The number of H-pyrrole nitrogens is 1. The number of carbonyl (C=O) groups excluding carboxylic acids is 2. The maximum atomic E-state index is 11.9. The summed E-state index contributed by atoms with van der Waals surface area (Å²) >= 11 is 0. The normalized spacial score (nSPS) is 11.9. The summed E-state index contributed by atoms with van der Waals surface area (Å²) in [5, 5.41) is 11.8. The number of ether oxygens (including phenoxy) is 2. The molecule has 2 aromatic heterocycles.